The Hall–Kier alpha value is -3.55. The Balaban J connectivity index is 1.76. The zero-order valence-electron chi connectivity index (χ0n) is 16.0. The molecule has 0 atom stereocenters. The van der Waals surface area contributed by atoms with E-state index in [-0.39, 0.29) is 23.9 Å². The van der Waals surface area contributed by atoms with Gasteiger partial charge in [-0.2, -0.15) is 9.67 Å². The van der Waals surface area contributed by atoms with Crippen molar-refractivity contribution in [1.29, 1.82) is 0 Å². The number of nitrogen functional groups attached to an aromatic ring is 1. The molecule has 1 aromatic heterocycles. The van der Waals surface area contributed by atoms with Gasteiger partial charge in [0.05, 0.1) is 12.7 Å². The average Bonchev–Trinajstić information content (AvgIpc) is 3.02. The number of aromatic nitrogens is 3. The average molecular weight is 381 g/mol. The summed E-state index contributed by atoms with van der Waals surface area (Å²) in [5.41, 5.74) is 7.04. The van der Waals surface area contributed by atoms with Crippen LogP contribution in [0.15, 0.2) is 48.5 Å². The van der Waals surface area contributed by atoms with Crippen molar-refractivity contribution in [2.45, 2.75) is 26.9 Å². The van der Waals surface area contributed by atoms with E-state index in [2.05, 4.69) is 15.4 Å². The van der Waals surface area contributed by atoms with E-state index in [9.17, 15) is 4.79 Å². The molecule has 3 N–H and O–H groups in total. The van der Waals surface area contributed by atoms with Gasteiger partial charge in [0.1, 0.15) is 11.5 Å². The summed E-state index contributed by atoms with van der Waals surface area (Å²) in [7, 11) is 0. The first-order chi connectivity index (χ1) is 13.5. The van der Waals surface area contributed by atoms with Gasteiger partial charge < -0.3 is 20.5 Å². The van der Waals surface area contributed by atoms with Crippen LogP contribution >= 0.6 is 0 Å². The number of hydrogen-bond donors (Lipinski definition) is 2. The van der Waals surface area contributed by atoms with E-state index in [0.29, 0.717) is 17.9 Å². The maximum absolute atomic E-state index is 12.7. The maximum Gasteiger partial charge on any atom is 0.281 e. The molecule has 0 aliphatic carbocycles. The molecule has 0 fully saturated rings. The highest BCUT2D eigenvalue weighted by molar-refractivity contribution is 5.97. The Morgan fingerprint density at radius 3 is 2.61 bits per heavy atom. The SMILES string of the molecule is CCOc1cccc(Nc2nc(N)n(C(=O)c3ccc(OC(C)C)cc3)n2)c1. The molecule has 0 aliphatic heterocycles. The quantitative estimate of drug-likeness (QED) is 0.645. The minimum atomic E-state index is -0.378. The van der Waals surface area contributed by atoms with Gasteiger partial charge in [-0.25, -0.2) is 0 Å². The summed E-state index contributed by atoms with van der Waals surface area (Å²) in [6.07, 6.45) is 0.0578. The molecule has 0 radical (unpaired) electrons. The first-order valence-corrected chi connectivity index (χ1v) is 9.00. The fourth-order valence-corrected chi connectivity index (χ4v) is 2.56. The van der Waals surface area contributed by atoms with Crippen molar-refractivity contribution in [3.8, 4) is 11.5 Å². The number of rotatable bonds is 7. The monoisotopic (exact) mass is 381 g/mol. The number of benzene rings is 2. The molecule has 0 amide bonds. The van der Waals surface area contributed by atoms with Crippen LogP contribution in [-0.2, 0) is 0 Å². The number of nitrogens with two attached hydrogens (primary N) is 1. The highest BCUT2D eigenvalue weighted by Gasteiger charge is 2.16. The van der Waals surface area contributed by atoms with Crippen molar-refractivity contribution in [2.75, 3.05) is 17.7 Å². The van der Waals surface area contributed by atoms with Crippen molar-refractivity contribution in [1.82, 2.24) is 14.8 Å². The third kappa shape index (κ3) is 4.59. The lowest BCUT2D eigenvalue weighted by Crippen LogP contribution is -2.16. The zero-order valence-corrected chi connectivity index (χ0v) is 16.0. The molecule has 28 heavy (non-hydrogen) atoms. The maximum atomic E-state index is 12.7. The van der Waals surface area contributed by atoms with E-state index in [0.717, 1.165) is 16.1 Å². The molecule has 1 heterocycles. The predicted octanol–water partition coefficient (Wildman–Crippen LogP) is 3.48. The van der Waals surface area contributed by atoms with Gasteiger partial charge in [-0.3, -0.25) is 4.79 Å². The second-order valence-electron chi connectivity index (χ2n) is 6.29. The Kier molecular flexibility index (Phi) is 5.78. The summed E-state index contributed by atoms with van der Waals surface area (Å²) in [6, 6.07) is 14.2. The van der Waals surface area contributed by atoms with Crippen molar-refractivity contribution in [3.63, 3.8) is 0 Å². The molecule has 2 aromatic carbocycles. The van der Waals surface area contributed by atoms with E-state index >= 15 is 0 Å². The van der Waals surface area contributed by atoms with E-state index in [1.165, 1.54) is 0 Å². The van der Waals surface area contributed by atoms with Crippen molar-refractivity contribution in [2.24, 2.45) is 0 Å². The first kappa shape index (κ1) is 19.2. The van der Waals surface area contributed by atoms with Crippen LogP contribution in [0, 0.1) is 0 Å². The van der Waals surface area contributed by atoms with Gasteiger partial charge in [0.2, 0.25) is 11.9 Å². The van der Waals surface area contributed by atoms with Crippen molar-refractivity contribution in [3.05, 3.63) is 54.1 Å². The smallest absolute Gasteiger partial charge is 0.281 e. The number of carbonyl (C=O) groups excluding carboxylic acids is 1. The number of hydrogen-bond acceptors (Lipinski definition) is 7. The Labute approximate surface area is 163 Å². The van der Waals surface area contributed by atoms with Crippen LogP contribution < -0.4 is 20.5 Å². The number of nitrogens with one attached hydrogen (secondary N) is 1. The van der Waals surface area contributed by atoms with Crippen LogP contribution in [0.2, 0.25) is 0 Å². The van der Waals surface area contributed by atoms with Crippen LogP contribution in [0.3, 0.4) is 0 Å². The van der Waals surface area contributed by atoms with E-state index < -0.39 is 0 Å². The molecule has 0 aliphatic rings. The first-order valence-electron chi connectivity index (χ1n) is 9.00. The van der Waals surface area contributed by atoms with Gasteiger partial charge in [-0.15, -0.1) is 5.10 Å². The highest BCUT2D eigenvalue weighted by Crippen LogP contribution is 2.21. The lowest BCUT2D eigenvalue weighted by Gasteiger charge is -2.09. The van der Waals surface area contributed by atoms with E-state index in [1.54, 1.807) is 24.3 Å². The fourth-order valence-electron chi connectivity index (χ4n) is 2.56. The molecule has 3 aromatic rings. The third-order valence-electron chi connectivity index (χ3n) is 3.70. The molecular formula is C20H23N5O3. The van der Waals surface area contributed by atoms with E-state index in [1.807, 2.05) is 45.0 Å². The number of anilines is 3. The molecule has 3 rings (SSSR count). The van der Waals surface area contributed by atoms with Crippen molar-refractivity contribution < 1.29 is 14.3 Å². The summed E-state index contributed by atoms with van der Waals surface area (Å²) in [6.45, 7) is 6.36. The largest absolute Gasteiger partial charge is 0.494 e. The second-order valence-corrected chi connectivity index (χ2v) is 6.29. The van der Waals surface area contributed by atoms with Crippen LogP contribution in [0.25, 0.3) is 0 Å². The zero-order chi connectivity index (χ0) is 20.1. The van der Waals surface area contributed by atoms with Gasteiger partial charge in [0.25, 0.3) is 5.91 Å². The Bertz CT molecular complexity index is 951. The number of carbonyl (C=O) groups is 1. The van der Waals surface area contributed by atoms with Gasteiger partial charge in [0, 0.05) is 17.3 Å². The van der Waals surface area contributed by atoms with Crippen LogP contribution in [0.5, 0.6) is 11.5 Å². The molecular weight excluding hydrogens is 358 g/mol. The minimum absolute atomic E-state index is 0.00373. The van der Waals surface area contributed by atoms with Gasteiger partial charge in [-0.05, 0) is 57.2 Å². The predicted molar refractivity (Wildman–Crippen MR) is 107 cm³/mol. The van der Waals surface area contributed by atoms with Gasteiger partial charge in [0.15, 0.2) is 0 Å². The normalized spacial score (nSPS) is 10.7. The molecule has 0 spiro atoms. The summed E-state index contributed by atoms with van der Waals surface area (Å²) in [5, 5.41) is 7.20. The number of ether oxygens (including phenoxy) is 2. The van der Waals surface area contributed by atoms with E-state index in [4.69, 9.17) is 15.2 Å². The van der Waals surface area contributed by atoms with Crippen LogP contribution in [0.1, 0.15) is 31.1 Å². The summed E-state index contributed by atoms with van der Waals surface area (Å²) < 4.78 is 12.1. The Morgan fingerprint density at radius 2 is 1.93 bits per heavy atom. The van der Waals surface area contributed by atoms with Gasteiger partial charge in [-0.1, -0.05) is 6.07 Å². The summed E-state index contributed by atoms with van der Waals surface area (Å²) in [5.74, 6) is 1.25. The molecule has 146 valence electrons. The number of nitrogens with zero attached hydrogens (tertiary/aromatic N) is 3. The Morgan fingerprint density at radius 1 is 1.18 bits per heavy atom. The molecule has 8 heteroatoms. The fraction of sp³-hybridized carbons (Fsp3) is 0.250. The minimum Gasteiger partial charge on any atom is -0.494 e. The van der Waals surface area contributed by atoms with Crippen molar-refractivity contribution >= 4 is 23.5 Å². The van der Waals surface area contributed by atoms with Crippen LogP contribution in [-0.4, -0.2) is 33.4 Å². The summed E-state index contributed by atoms with van der Waals surface area (Å²) in [4.78, 5) is 16.8. The van der Waals surface area contributed by atoms with Gasteiger partial charge >= 0.3 is 0 Å². The molecule has 8 nitrogen and oxygen atoms in total. The molecule has 0 saturated heterocycles. The summed E-state index contributed by atoms with van der Waals surface area (Å²) >= 11 is 0. The second kappa shape index (κ2) is 8.43. The molecule has 0 bridgehead atoms. The molecule has 0 saturated carbocycles. The lowest BCUT2D eigenvalue weighted by atomic mass is 10.2. The highest BCUT2D eigenvalue weighted by atomic mass is 16.5. The third-order valence-corrected chi connectivity index (χ3v) is 3.70. The van der Waals surface area contributed by atoms with Crippen LogP contribution in [0.4, 0.5) is 17.6 Å². The standard InChI is InChI=1S/C20H23N5O3/c1-4-27-17-7-5-6-15(12-17)22-20-23-19(21)25(24-20)18(26)14-8-10-16(11-9-14)28-13(2)3/h5-13H,4H2,1-3H3,(H3,21,22,23,24). The topological polar surface area (TPSA) is 104 Å². The molecule has 0 unspecified atom stereocenters. The lowest BCUT2D eigenvalue weighted by molar-refractivity contribution is 0.0948.